The van der Waals surface area contributed by atoms with E-state index in [9.17, 15) is 4.79 Å². The Morgan fingerprint density at radius 1 is 1.21 bits per heavy atom. The molecule has 29 heavy (non-hydrogen) atoms. The normalized spacial score (nSPS) is 11.3. The van der Waals surface area contributed by atoms with Gasteiger partial charge in [-0.25, -0.2) is 4.98 Å². The fraction of sp³-hybridized carbons (Fsp3) is 0.455. The number of ether oxygens (including phenoxy) is 2. The molecule has 1 aromatic heterocycles. The van der Waals surface area contributed by atoms with Crippen LogP contribution in [0.1, 0.15) is 51.5 Å². The number of esters is 1. The molecule has 0 fully saturated rings. The molecule has 7 nitrogen and oxygen atoms in total. The number of hydrogen-bond acceptors (Lipinski definition) is 6. The zero-order valence-electron chi connectivity index (χ0n) is 17.3. The lowest BCUT2D eigenvalue weighted by Crippen LogP contribution is -2.15. The molecule has 0 spiro atoms. The van der Waals surface area contributed by atoms with Crippen LogP contribution in [-0.2, 0) is 14.4 Å². The molecule has 0 saturated carbocycles. The Labute approximate surface area is 172 Å². The van der Waals surface area contributed by atoms with Gasteiger partial charge in [-0.1, -0.05) is 25.5 Å². The second-order valence-corrected chi connectivity index (χ2v) is 6.50. The number of benzene rings is 1. The summed E-state index contributed by atoms with van der Waals surface area (Å²) in [5.74, 6) is 0.657. The van der Waals surface area contributed by atoms with Crippen LogP contribution in [-0.4, -0.2) is 35.3 Å². The third-order valence-corrected chi connectivity index (χ3v) is 4.08. The summed E-state index contributed by atoms with van der Waals surface area (Å²) in [5, 5.41) is 0. The van der Waals surface area contributed by atoms with Crippen LogP contribution >= 0.6 is 0 Å². The average Bonchev–Trinajstić information content (AvgIpc) is 3.23. The predicted molar refractivity (Wildman–Crippen MR) is 113 cm³/mol. The van der Waals surface area contributed by atoms with Crippen LogP contribution in [0, 0.1) is 0 Å². The molecule has 0 bridgehead atoms. The van der Waals surface area contributed by atoms with Gasteiger partial charge in [-0.3, -0.25) is 15.1 Å². The lowest BCUT2D eigenvalue weighted by molar-refractivity contribution is -0.143. The molecule has 1 heterocycles. The highest BCUT2D eigenvalue weighted by Crippen LogP contribution is 2.20. The topological polar surface area (TPSA) is 74.6 Å². The summed E-state index contributed by atoms with van der Waals surface area (Å²) < 4.78 is 12.6. The fourth-order valence-electron chi connectivity index (χ4n) is 2.55. The van der Waals surface area contributed by atoms with Gasteiger partial charge in [0, 0.05) is 30.6 Å². The molecule has 1 aromatic carbocycles. The Bertz CT molecular complexity index is 744. The van der Waals surface area contributed by atoms with E-state index in [2.05, 4.69) is 17.4 Å². The first-order chi connectivity index (χ1) is 14.2. The Kier molecular flexibility index (Phi) is 10.4. The number of nitrogens with one attached hydrogen (secondary N) is 1. The van der Waals surface area contributed by atoms with Crippen molar-refractivity contribution in [3.05, 3.63) is 48.5 Å². The van der Waals surface area contributed by atoms with E-state index in [1.165, 1.54) is 0 Å². The van der Waals surface area contributed by atoms with Crippen LogP contribution in [0.25, 0.3) is 11.9 Å². The van der Waals surface area contributed by atoms with Gasteiger partial charge >= 0.3 is 5.97 Å². The van der Waals surface area contributed by atoms with Crippen LogP contribution in [0.5, 0.6) is 5.75 Å². The lowest BCUT2D eigenvalue weighted by Gasteiger charge is -2.13. The summed E-state index contributed by atoms with van der Waals surface area (Å²) in [4.78, 5) is 21.1. The van der Waals surface area contributed by atoms with Gasteiger partial charge < -0.3 is 14.0 Å². The molecule has 0 aliphatic rings. The maximum absolute atomic E-state index is 11.4. The van der Waals surface area contributed by atoms with E-state index in [1.54, 1.807) is 12.5 Å². The second kappa shape index (κ2) is 13.4. The third kappa shape index (κ3) is 8.83. The number of hydrogen-bond donors (Lipinski definition) is 1. The van der Waals surface area contributed by atoms with E-state index in [-0.39, 0.29) is 5.97 Å². The summed E-state index contributed by atoms with van der Waals surface area (Å²) in [5.41, 5.74) is 4.75. The average molecular weight is 402 g/mol. The SMILES string of the molecule is CCCCOc1cccc(C(=Cn2ccnc2)NOCCCCC(=O)OCC)c1. The van der Waals surface area contributed by atoms with Gasteiger partial charge in [0.2, 0.25) is 0 Å². The molecule has 1 N–H and O–H groups in total. The Morgan fingerprint density at radius 2 is 2.10 bits per heavy atom. The van der Waals surface area contributed by atoms with Crippen molar-refractivity contribution >= 4 is 17.9 Å². The number of carbonyl (C=O) groups excluding carboxylic acids is 1. The van der Waals surface area contributed by atoms with E-state index in [0.29, 0.717) is 26.2 Å². The number of imidazole rings is 1. The van der Waals surface area contributed by atoms with Gasteiger partial charge in [0.25, 0.3) is 0 Å². The van der Waals surface area contributed by atoms with Crippen molar-refractivity contribution in [1.29, 1.82) is 0 Å². The minimum absolute atomic E-state index is 0.166. The molecular formula is C22H31N3O4. The highest BCUT2D eigenvalue weighted by Gasteiger charge is 2.06. The van der Waals surface area contributed by atoms with Crippen molar-refractivity contribution in [2.75, 3.05) is 19.8 Å². The smallest absolute Gasteiger partial charge is 0.305 e. The minimum atomic E-state index is -0.166. The van der Waals surface area contributed by atoms with E-state index < -0.39 is 0 Å². The molecule has 2 rings (SSSR count). The van der Waals surface area contributed by atoms with E-state index in [0.717, 1.165) is 42.7 Å². The summed E-state index contributed by atoms with van der Waals surface area (Å²) in [6.45, 7) is 5.54. The molecule has 0 unspecified atom stereocenters. The molecule has 0 saturated heterocycles. The second-order valence-electron chi connectivity index (χ2n) is 6.50. The number of nitrogens with zero attached hydrogens (tertiary/aromatic N) is 2. The molecule has 0 amide bonds. The molecule has 158 valence electrons. The quantitative estimate of drug-likeness (QED) is 0.289. The summed E-state index contributed by atoms with van der Waals surface area (Å²) in [6, 6.07) is 7.88. The Balaban J connectivity index is 1.93. The van der Waals surface area contributed by atoms with Gasteiger partial charge in [-0.15, -0.1) is 0 Å². The number of rotatable bonds is 14. The largest absolute Gasteiger partial charge is 0.494 e. The molecule has 0 aliphatic heterocycles. The van der Waals surface area contributed by atoms with Gasteiger partial charge in [0.15, 0.2) is 0 Å². The van der Waals surface area contributed by atoms with Gasteiger partial charge in [0.05, 0.1) is 31.8 Å². The molecule has 0 aliphatic carbocycles. The Morgan fingerprint density at radius 3 is 2.86 bits per heavy atom. The maximum atomic E-state index is 11.4. The van der Waals surface area contributed by atoms with Crippen molar-refractivity contribution in [3.63, 3.8) is 0 Å². The van der Waals surface area contributed by atoms with Gasteiger partial charge in [0.1, 0.15) is 5.75 Å². The molecular weight excluding hydrogens is 370 g/mol. The Hall–Kier alpha value is -2.80. The standard InChI is InChI=1S/C22H31N3O4/c1-3-5-14-28-20-10-8-9-19(16-20)21(17-25-13-12-23-18-25)24-29-15-7-6-11-22(26)27-4-2/h8-10,12-13,16-18,24H,3-7,11,14-15H2,1-2H3. The van der Waals surface area contributed by atoms with Crippen LogP contribution < -0.4 is 10.2 Å². The zero-order valence-corrected chi connectivity index (χ0v) is 17.3. The zero-order chi connectivity index (χ0) is 20.7. The lowest BCUT2D eigenvalue weighted by atomic mass is 10.1. The number of hydroxylamine groups is 1. The molecule has 2 aromatic rings. The number of unbranched alkanes of at least 4 members (excludes halogenated alkanes) is 2. The summed E-state index contributed by atoms with van der Waals surface area (Å²) in [6.07, 6.45) is 11.2. The summed E-state index contributed by atoms with van der Waals surface area (Å²) in [7, 11) is 0. The molecule has 0 atom stereocenters. The van der Waals surface area contributed by atoms with Crippen molar-refractivity contribution in [2.45, 2.75) is 46.0 Å². The molecule has 0 radical (unpaired) electrons. The predicted octanol–water partition coefficient (Wildman–Crippen LogP) is 4.27. The van der Waals surface area contributed by atoms with E-state index >= 15 is 0 Å². The van der Waals surface area contributed by atoms with Gasteiger partial charge in [-0.2, -0.15) is 0 Å². The summed E-state index contributed by atoms with van der Waals surface area (Å²) >= 11 is 0. The van der Waals surface area contributed by atoms with E-state index in [4.69, 9.17) is 14.3 Å². The van der Waals surface area contributed by atoms with Crippen LogP contribution in [0.4, 0.5) is 0 Å². The highest BCUT2D eigenvalue weighted by molar-refractivity contribution is 5.74. The fourth-order valence-corrected chi connectivity index (χ4v) is 2.55. The van der Waals surface area contributed by atoms with E-state index in [1.807, 2.05) is 48.2 Å². The van der Waals surface area contributed by atoms with Crippen molar-refractivity contribution in [3.8, 4) is 5.75 Å². The third-order valence-electron chi connectivity index (χ3n) is 4.08. The maximum Gasteiger partial charge on any atom is 0.305 e. The van der Waals surface area contributed by atoms with Crippen molar-refractivity contribution in [1.82, 2.24) is 15.0 Å². The highest BCUT2D eigenvalue weighted by atomic mass is 16.6. The number of aromatic nitrogens is 2. The number of carbonyl (C=O) groups is 1. The first kappa shape index (κ1) is 22.5. The monoisotopic (exact) mass is 401 g/mol. The van der Waals surface area contributed by atoms with Crippen molar-refractivity contribution in [2.24, 2.45) is 0 Å². The van der Waals surface area contributed by atoms with Crippen molar-refractivity contribution < 1.29 is 19.1 Å². The first-order valence-electron chi connectivity index (χ1n) is 10.2. The van der Waals surface area contributed by atoms with Crippen LogP contribution in [0.15, 0.2) is 43.0 Å². The van der Waals surface area contributed by atoms with Gasteiger partial charge in [-0.05, 0) is 38.3 Å². The minimum Gasteiger partial charge on any atom is -0.494 e. The van der Waals surface area contributed by atoms with Crippen LogP contribution in [0.3, 0.4) is 0 Å². The first-order valence-corrected chi connectivity index (χ1v) is 10.2. The van der Waals surface area contributed by atoms with Crippen LogP contribution in [0.2, 0.25) is 0 Å². The molecule has 7 heteroatoms.